The van der Waals surface area contributed by atoms with E-state index in [1.165, 1.54) is 0 Å². The van der Waals surface area contributed by atoms with Crippen LogP contribution in [0.15, 0.2) is 67.3 Å². The summed E-state index contributed by atoms with van der Waals surface area (Å²) in [4.78, 5) is 25.4. The second-order valence-electron chi connectivity index (χ2n) is 6.35. The van der Waals surface area contributed by atoms with Gasteiger partial charge in [0.05, 0.1) is 23.2 Å². The Kier molecular flexibility index (Phi) is 7.55. The summed E-state index contributed by atoms with van der Waals surface area (Å²) in [5.41, 5.74) is 0.983. The average Bonchev–Trinajstić information content (AvgIpc) is 2.70. The summed E-state index contributed by atoms with van der Waals surface area (Å²) in [7, 11) is -3.72. The molecule has 8 heteroatoms. The Balaban J connectivity index is 2.35. The number of para-hydroxylation sites is 2. The van der Waals surface area contributed by atoms with Crippen LogP contribution < -0.4 is 14.9 Å². The van der Waals surface area contributed by atoms with Crippen molar-refractivity contribution in [2.24, 2.45) is 0 Å². The van der Waals surface area contributed by atoms with Gasteiger partial charge in [0.2, 0.25) is 15.9 Å². The predicted molar refractivity (Wildman–Crippen MR) is 115 cm³/mol. The molecule has 2 aromatic rings. The van der Waals surface area contributed by atoms with Crippen LogP contribution >= 0.6 is 0 Å². The van der Waals surface area contributed by atoms with Gasteiger partial charge in [-0.3, -0.25) is 13.9 Å². The van der Waals surface area contributed by atoms with Gasteiger partial charge in [-0.25, -0.2) is 8.42 Å². The number of carbonyl (C=O) groups is 2. The Morgan fingerprint density at radius 1 is 1.10 bits per heavy atom. The molecule has 154 valence electrons. The fraction of sp³-hybridized carbons (Fsp3) is 0.238. The second kappa shape index (κ2) is 9.88. The van der Waals surface area contributed by atoms with E-state index in [9.17, 15) is 18.0 Å². The normalized spacial score (nSPS) is 11.9. The van der Waals surface area contributed by atoms with Crippen LogP contribution in [0.2, 0.25) is 0 Å². The van der Waals surface area contributed by atoms with Gasteiger partial charge >= 0.3 is 0 Å². The third-order valence-corrected chi connectivity index (χ3v) is 5.36. The van der Waals surface area contributed by atoms with Crippen LogP contribution in [0.25, 0.3) is 0 Å². The molecule has 0 heterocycles. The Hall–Kier alpha value is -3.13. The Bertz CT molecular complexity index is 974. The van der Waals surface area contributed by atoms with Gasteiger partial charge in [-0.2, -0.15) is 0 Å². The van der Waals surface area contributed by atoms with Gasteiger partial charge < -0.3 is 10.6 Å². The number of nitrogens with zero attached hydrogens (tertiary/aromatic N) is 1. The number of hydrogen-bond donors (Lipinski definition) is 2. The van der Waals surface area contributed by atoms with Crippen molar-refractivity contribution in [2.45, 2.75) is 19.4 Å². The lowest BCUT2D eigenvalue weighted by atomic mass is 10.1. The fourth-order valence-corrected chi connectivity index (χ4v) is 4.11. The van der Waals surface area contributed by atoms with Gasteiger partial charge in [0, 0.05) is 6.54 Å². The Labute approximate surface area is 171 Å². The number of benzene rings is 2. The Morgan fingerprint density at radius 2 is 1.72 bits per heavy atom. The second-order valence-corrected chi connectivity index (χ2v) is 8.21. The molecule has 0 saturated heterocycles. The molecule has 2 N–H and O–H groups in total. The van der Waals surface area contributed by atoms with E-state index in [-0.39, 0.29) is 24.4 Å². The van der Waals surface area contributed by atoms with E-state index in [0.717, 1.165) is 10.6 Å². The van der Waals surface area contributed by atoms with Crippen LogP contribution in [-0.4, -0.2) is 39.1 Å². The zero-order valence-corrected chi connectivity index (χ0v) is 17.3. The van der Waals surface area contributed by atoms with E-state index in [2.05, 4.69) is 17.2 Å². The van der Waals surface area contributed by atoms with Crippen LogP contribution in [0.3, 0.4) is 0 Å². The first-order valence-electron chi connectivity index (χ1n) is 9.13. The summed E-state index contributed by atoms with van der Waals surface area (Å²) >= 11 is 0. The highest BCUT2D eigenvalue weighted by Crippen LogP contribution is 2.23. The topological polar surface area (TPSA) is 95.6 Å². The van der Waals surface area contributed by atoms with Crippen LogP contribution in [-0.2, 0) is 14.8 Å². The number of nitrogens with one attached hydrogen (secondary N) is 2. The summed E-state index contributed by atoms with van der Waals surface area (Å²) in [5.74, 6) is -0.886. The molecule has 0 aromatic heterocycles. The molecule has 0 aliphatic heterocycles. The van der Waals surface area contributed by atoms with Crippen molar-refractivity contribution in [3.63, 3.8) is 0 Å². The van der Waals surface area contributed by atoms with Gasteiger partial charge in [-0.15, -0.1) is 6.58 Å². The van der Waals surface area contributed by atoms with Crippen molar-refractivity contribution in [1.29, 1.82) is 0 Å². The largest absolute Gasteiger partial charge is 0.349 e. The summed E-state index contributed by atoms with van der Waals surface area (Å²) in [6.45, 7) is 5.57. The third-order valence-electron chi connectivity index (χ3n) is 4.18. The smallest absolute Gasteiger partial charge is 0.253 e. The van der Waals surface area contributed by atoms with E-state index < -0.39 is 22.0 Å². The lowest BCUT2D eigenvalue weighted by Crippen LogP contribution is -2.47. The molecule has 0 bridgehead atoms. The quantitative estimate of drug-likeness (QED) is 0.616. The van der Waals surface area contributed by atoms with Gasteiger partial charge in [0.25, 0.3) is 5.91 Å². The Morgan fingerprint density at radius 3 is 2.31 bits per heavy atom. The van der Waals surface area contributed by atoms with Gasteiger partial charge in [0.15, 0.2) is 0 Å². The maximum absolute atomic E-state index is 13.0. The van der Waals surface area contributed by atoms with Crippen molar-refractivity contribution in [3.05, 3.63) is 72.8 Å². The summed E-state index contributed by atoms with van der Waals surface area (Å²) in [6, 6.07) is 14.0. The van der Waals surface area contributed by atoms with Crippen LogP contribution in [0.4, 0.5) is 11.4 Å². The molecule has 2 rings (SSSR count). The van der Waals surface area contributed by atoms with E-state index >= 15 is 0 Å². The van der Waals surface area contributed by atoms with Crippen molar-refractivity contribution in [3.8, 4) is 0 Å². The van der Waals surface area contributed by atoms with Crippen molar-refractivity contribution in [1.82, 2.24) is 5.32 Å². The van der Waals surface area contributed by atoms with E-state index in [0.29, 0.717) is 11.4 Å². The maximum Gasteiger partial charge on any atom is 0.253 e. The zero-order chi connectivity index (χ0) is 21.4. The van der Waals surface area contributed by atoms with E-state index in [1.54, 1.807) is 67.6 Å². The van der Waals surface area contributed by atoms with Gasteiger partial charge in [0.1, 0.15) is 6.04 Å². The number of anilines is 2. The molecule has 0 aliphatic carbocycles. The molecule has 29 heavy (non-hydrogen) atoms. The molecule has 2 aromatic carbocycles. The molecule has 0 spiro atoms. The SMILES string of the molecule is C=CCNC(=O)c1ccccc1NC(=O)C(CC)N(c1ccccc1)S(C)(=O)=O. The highest BCUT2D eigenvalue weighted by molar-refractivity contribution is 7.92. The monoisotopic (exact) mass is 415 g/mol. The zero-order valence-electron chi connectivity index (χ0n) is 16.5. The molecule has 0 radical (unpaired) electrons. The molecular formula is C21H25N3O4S. The first-order chi connectivity index (χ1) is 13.8. The first kappa shape index (κ1) is 22.2. The van der Waals surface area contributed by atoms with Gasteiger partial charge in [-0.1, -0.05) is 43.3 Å². The van der Waals surface area contributed by atoms with Gasteiger partial charge in [-0.05, 0) is 30.7 Å². The molecule has 7 nitrogen and oxygen atoms in total. The molecule has 0 saturated carbocycles. The average molecular weight is 416 g/mol. The minimum Gasteiger partial charge on any atom is -0.349 e. The first-order valence-corrected chi connectivity index (χ1v) is 11.0. The minimum absolute atomic E-state index is 0.249. The molecular weight excluding hydrogens is 390 g/mol. The lowest BCUT2D eigenvalue weighted by Gasteiger charge is -2.30. The van der Waals surface area contributed by atoms with Crippen molar-refractivity contribution in [2.75, 3.05) is 22.4 Å². The number of hydrogen-bond acceptors (Lipinski definition) is 4. The third kappa shape index (κ3) is 5.68. The number of amides is 2. The highest BCUT2D eigenvalue weighted by Gasteiger charge is 2.31. The lowest BCUT2D eigenvalue weighted by molar-refractivity contribution is -0.117. The minimum atomic E-state index is -3.72. The molecule has 1 atom stereocenters. The summed E-state index contributed by atoms with van der Waals surface area (Å²) in [6.07, 6.45) is 2.86. The highest BCUT2D eigenvalue weighted by atomic mass is 32.2. The van der Waals surface area contributed by atoms with Crippen LogP contribution in [0.5, 0.6) is 0 Å². The predicted octanol–water partition coefficient (Wildman–Crippen LogP) is 2.79. The number of rotatable bonds is 9. The summed E-state index contributed by atoms with van der Waals surface area (Å²) < 4.78 is 26.0. The van der Waals surface area contributed by atoms with Crippen LogP contribution in [0.1, 0.15) is 23.7 Å². The summed E-state index contributed by atoms with van der Waals surface area (Å²) in [5, 5.41) is 5.37. The standard InChI is InChI=1S/C21H25N3O4S/c1-4-15-22-20(25)17-13-9-10-14-18(17)23-21(26)19(5-2)24(29(3,27)28)16-11-7-6-8-12-16/h4,6-14,19H,1,5,15H2,2-3H3,(H,22,25)(H,23,26). The molecule has 0 aliphatic rings. The van der Waals surface area contributed by atoms with E-state index in [1.807, 2.05) is 0 Å². The van der Waals surface area contributed by atoms with Crippen molar-refractivity contribution < 1.29 is 18.0 Å². The molecule has 2 amide bonds. The number of carbonyl (C=O) groups excluding carboxylic acids is 2. The van der Waals surface area contributed by atoms with Crippen molar-refractivity contribution >= 4 is 33.2 Å². The molecule has 0 fully saturated rings. The maximum atomic E-state index is 13.0. The fourth-order valence-electron chi connectivity index (χ4n) is 2.90. The van der Waals surface area contributed by atoms with Crippen LogP contribution in [0, 0.1) is 0 Å². The molecule has 1 unspecified atom stereocenters. The number of sulfonamides is 1. The van der Waals surface area contributed by atoms with E-state index in [4.69, 9.17) is 0 Å².